The van der Waals surface area contributed by atoms with Gasteiger partial charge >= 0.3 is 5.97 Å². The minimum absolute atomic E-state index is 0.147. The van der Waals surface area contributed by atoms with Crippen LogP contribution >= 0.6 is 0 Å². The third-order valence-electron chi connectivity index (χ3n) is 3.58. The molecule has 1 aromatic heterocycles. The van der Waals surface area contributed by atoms with Crippen molar-refractivity contribution in [2.45, 2.75) is 39.5 Å². The molecular formula is C15H22N2O2. The molecule has 1 saturated heterocycles. The van der Waals surface area contributed by atoms with Crippen molar-refractivity contribution >= 4 is 11.8 Å². The second-order valence-corrected chi connectivity index (χ2v) is 6.49. The largest absolute Gasteiger partial charge is 0.478 e. The molecule has 1 unspecified atom stereocenters. The molecule has 2 rings (SSSR count). The van der Waals surface area contributed by atoms with Gasteiger partial charge in [0.1, 0.15) is 5.82 Å². The second kappa shape index (κ2) is 4.83. The van der Waals surface area contributed by atoms with E-state index in [4.69, 9.17) is 0 Å². The highest BCUT2D eigenvalue weighted by Gasteiger charge is 2.24. The first kappa shape index (κ1) is 13.8. The maximum absolute atomic E-state index is 11.3. The predicted molar refractivity (Wildman–Crippen MR) is 75.9 cm³/mol. The van der Waals surface area contributed by atoms with E-state index in [2.05, 4.69) is 37.6 Å². The van der Waals surface area contributed by atoms with Gasteiger partial charge < -0.3 is 10.0 Å². The molecule has 1 fully saturated rings. The molecule has 0 amide bonds. The molecule has 1 N–H and O–H groups in total. The van der Waals surface area contributed by atoms with Gasteiger partial charge in [-0.3, -0.25) is 0 Å². The van der Waals surface area contributed by atoms with Gasteiger partial charge in [0.25, 0.3) is 0 Å². The monoisotopic (exact) mass is 262 g/mol. The van der Waals surface area contributed by atoms with E-state index in [9.17, 15) is 9.90 Å². The maximum Gasteiger partial charge on any atom is 0.335 e. The predicted octanol–water partition coefficient (Wildman–Crippen LogP) is 2.92. The van der Waals surface area contributed by atoms with Crippen LogP contribution in [0.5, 0.6) is 0 Å². The van der Waals surface area contributed by atoms with E-state index < -0.39 is 5.97 Å². The normalized spacial score (nSPS) is 19.8. The first-order chi connectivity index (χ1) is 8.77. The van der Waals surface area contributed by atoms with E-state index in [-0.39, 0.29) is 5.41 Å². The summed E-state index contributed by atoms with van der Waals surface area (Å²) in [6.45, 7) is 10.3. The molecular weight excluding hydrogens is 240 g/mol. The smallest absolute Gasteiger partial charge is 0.335 e. The number of pyridine rings is 1. The number of hydrogen-bond donors (Lipinski definition) is 1. The van der Waals surface area contributed by atoms with Crippen molar-refractivity contribution in [1.82, 2.24) is 4.98 Å². The molecule has 0 radical (unpaired) electrons. The summed E-state index contributed by atoms with van der Waals surface area (Å²) in [7, 11) is 0. The molecule has 0 spiro atoms. The van der Waals surface area contributed by atoms with E-state index in [1.54, 1.807) is 12.1 Å². The molecule has 0 bridgehead atoms. The van der Waals surface area contributed by atoms with E-state index in [1.807, 2.05) is 0 Å². The minimum Gasteiger partial charge on any atom is -0.478 e. The molecule has 1 aromatic rings. The van der Waals surface area contributed by atoms with Gasteiger partial charge in [0.05, 0.1) is 5.56 Å². The van der Waals surface area contributed by atoms with Crippen LogP contribution in [0.25, 0.3) is 0 Å². The van der Waals surface area contributed by atoms with Gasteiger partial charge in [0.15, 0.2) is 0 Å². The van der Waals surface area contributed by atoms with Crippen molar-refractivity contribution in [3.8, 4) is 0 Å². The van der Waals surface area contributed by atoms with Gasteiger partial charge in [0.2, 0.25) is 0 Å². The van der Waals surface area contributed by atoms with E-state index in [0.717, 1.165) is 31.0 Å². The SMILES string of the molecule is CC1CCN(c2cc(C(=O)O)cc(C(C)(C)C)n2)C1. The molecule has 1 aliphatic rings. The molecule has 4 nitrogen and oxygen atoms in total. The van der Waals surface area contributed by atoms with E-state index in [1.165, 1.54) is 0 Å². The molecule has 0 saturated carbocycles. The number of carboxylic acid groups (broad SMARTS) is 1. The number of aromatic nitrogens is 1. The standard InChI is InChI=1S/C15H22N2O2/c1-10-5-6-17(9-10)13-8-11(14(18)19)7-12(16-13)15(2,3)4/h7-8,10H,5-6,9H2,1-4H3,(H,18,19). The lowest BCUT2D eigenvalue weighted by Gasteiger charge is -2.23. The zero-order valence-electron chi connectivity index (χ0n) is 12.1. The molecule has 104 valence electrons. The third kappa shape index (κ3) is 3.06. The highest BCUT2D eigenvalue weighted by atomic mass is 16.4. The fraction of sp³-hybridized carbons (Fsp3) is 0.600. The fourth-order valence-electron chi connectivity index (χ4n) is 2.33. The van der Waals surface area contributed by atoms with Crippen LogP contribution in [0.4, 0.5) is 5.82 Å². The second-order valence-electron chi connectivity index (χ2n) is 6.49. The van der Waals surface area contributed by atoms with Crippen LogP contribution in [0.2, 0.25) is 0 Å². The summed E-state index contributed by atoms with van der Waals surface area (Å²) in [6, 6.07) is 3.38. The lowest BCUT2D eigenvalue weighted by molar-refractivity contribution is 0.0696. The summed E-state index contributed by atoms with van der Waals surface area (Å²) in [5.41, 5.74) is 1.02. The summed E-state index contributed by atoms with van der Waals surface area (Å²) < 4.78 is 0. The summed E-state index contributed by atoms with van der Waals surface area (Å²) >= 11 is 0. The number of rotatable bonds is 2. The average Bonchev–Trinajstić information content (AvgIpc) is 2.74. The number of aromatic carboxylic acids is 1. The Bertz CT molecular complexity index is 491. The quantitative estimate of drug-likeness (QED) is 0.890. The number of anilines is 1. The summed E-state index contributed by atoms with van der Waals surface area (Å²) in [6.07, 6.45) is 1.14. The van der Waals surface area contributed by atoms with Gasteiger partial charge in [-0.2, -0.15) is 0 Å². The van der Waals surface area contributed by atoms with Crippen molar-refractivity contribution in [3.05, 3.63) is 23.4 Å². The summed E-state index contributed by atoms with van der Waals surface area (Å²) in [5.74, 6) is 0.559. The van der Waals surface area contributed by atoms with E-state index in [0.29, 0.717) is 11.5 Å². The lowest BCUT2D eigenvalue weighted by Crippen LogP contribution is -2.23. The van der Waals surface area contributed by atoms with Crippen molar-refractivity contribution in [2.24, 2.45) is 5.92 Å². The minimum atomic E-state index is -0.888. The zero-order valence-corrected chi connectivity index (χ0v) is 12.1. The molecule has 0 aliphatic carbocycles. The Hall–Kier alpha value is -1.58. The Morgan fingerprint density at radius 2 is 2.11 bits per heavy atom. The van der Waals surface area contributed by atoms with Crippen LogP contribution in [-0.2, 0) is 5.41 Å². The Morgan fingerprint density at radius 3 is 2.58 bits per heavy atom. The Morgan fingerprint density at radius 1 is 1.42 bits per heavy atom. The van der Waals surface area contributed by atoms with Gasteiger partial charge in [-0.25, -0.2) is 9.78 Å². The highest BCUT2D eigenvalue weighted by molar-refractivity contribution is 5.88. The maximum atomic E-state index is 11.3. The Kier molecular flexibility index (Phi) is 3.52. The number of nitrogens with zero attached hydrogens (tertiary/aromatic N) is 2. The molecule has 2 heterocycles. The zero-order chi connectivity index (χ0) is 14.2. The molecule has 0 aromatic carbocycles. The van der Waals surface area contributed by atoms with Crippen LogP contribution < -0.4 is 4.90 Å². The highest BCUT2D eigenvalue weighted by Crippen LogP contribution is 2.27. The van der Waals surface area contributed by atoms with Crippen LogP contribution in [0.15, 0.2) is 12.1 Å². The summed E-state index contributed by atoms with van der Waals surface area (Å²) in [5, 5.41) is 9.25. The van der Waals surface area contributed by atoms with Crippen molar-refractivity contribution in [3.63, 3.8) is 0 Å². The fourth-order valence-corrected chi connectivity index (χ4v) is 2.33. The van der Waals surface area contributed by atoms with Crippen LogP contribution in [0.1, 0.15) is 50.2 Å². The van der Waals surface area contributed by atoms with Crippen LogP contribution in [0, 0.1) is 5.92 Å². The van der Waals surface area contributed by atoms with Crippen LogP contribution in [0.3, 0.4) is 0 Å². The number of hydrogen-bond acceptors (Lipinski definition) is 3. The van der Waals surface area contributed by atoms with Crippen molar-refractivity contribution < 1.29 is 9.90 Å². The molecule has 4 heteroatoms. The first-order valence-corrected chi connectivity index (χ1v) is 6.78. The van der Waals surface area contributed by atoms with Gasteiger partial charge in [-0.15, -0.1) is 0 Å². The van der Waals surface area contributed by atoms with E-state index >= 15 is 0 Å². The summed E-state index contributed by atoms with van der Waals surface area (Å²) in [4.78, 5) is 18.1. The number of carbonyl (C=O) groups is 1. The molecule has 1 aliphatic heterocycles. The lowest BCUT2D eigenvalue weighted by atomic mass is 9.90. The first-order valence-electron chi connectivity index (χ1n) is 6.78. The van der Waals surface area contributed by atoms with Crippen molar-refractivity contribution in [2.75, 3.05) is 18.0 Å². The Balaban J connectivity index is 2.43. The van der Waals surface area contributed by atoms with Gasteiger partial charge in [-0.05, 0) is 24.5 Å². The number of carboxylic acids is 1. The average molecular weight is 262 g/mol. The van der Waals surface area contributed by atoms with Crippen LogP contribution in [-0.4, -0.2) is 29.1 Å². The third-order valence-corrected chi connectivity index (χ3v) is 3.58. The topological polar surface area (TPSA) is 53.4 Å². The van der Waals surface area contributed by atoms with Crippen molar-refractivity contribution in [1.29, 1.82) is 0 Å². The molecule has 1 atom stereocenters. The van der Waals surface area contributed by atoms with Gasteiger partial charge in [-0.1, -0.05) is 27.7 Å². The molecule has 19 heavy (non-hydrogen) atoms. The Labute approximate surface area is 114 Å². The van der Waals surface area contributed by atoms with Gasteiger partial charge in [0, 0.05) is 24.2 Å².